The molecule has 1 heterocycles. The van der Waals surface area contributed by atoms with E-state index in [-0.39, 0.29) is 35.8 Å². The van der Waals surface area contributed by atoms with Crippen LogP contribution in [0.25, 0.3) is 0 Å². The fourth-order valence-electron chi connectivity index (χ4n) is 5.27. The van der Waals surface area contributed by atoms with E-state index in [0.717, 1.165) is 30.9 Å². The summed E-state index contributed by atoms with van der Waals surface area (Å²) in [6, 6.07) is 12.1. The number of benzene rings is 2. The van der Waals surface area contributed by atoms with Gasteiger partial charge in [0, 0.05) is 47.9 Å². The van der Waals surface area contributed by atoms with Gasteiger partial charge < -0.3 is 21.1 Å². The van der Waals surface area contributed by atoms with Gasteiger partial charge in [0.1, 0.15) is 17.3 Å². The lowest BCUT2D eigenvalue weighted by molar-refractivity contribution is 0.0751. The first-order chi connectivity index (χ1) is 20.1. The van der Waals surface area contributed by atoms with Crippen molar-refractivity contribution in [1.29, 1.82) is 0 Å². The molecule has 226 valence electrons. The topological polar surface area (TPSA) is 112 Å². The molecule has 2 atom stereocenters. The average molecular weight is 581 g/mol. The van der Waals surface area contributed by atoms with Crippen molar-refractivity contribution in [1.82, 2.24) is 9.88 Å². The Morgan fingerprint density at radius 2 is 1.60 bits per heavy atom. The Bertz CT molecular complexity index is 1360. The molecular weight excluding hydrogens is 538 g/mol. The third-order valence-corrected chi connectivity index (χ3v) is 7.17. The first-order valence-electron chi connectivity index (χ1n) is 14.5. The highest BCUT2D eigenvalue weighted by molar-refractivity contribution is 6.01. The summed E-state index contributed by atoms with van der Waals surface area (Å²) in [5, 5.41) is 0. The van der Waals surface area contributed by atoms with Crippen LogP contribution in [0, 0.1) is 18.6 Å². The number of nitrogens with zero attached hydrogens (tertiary/aromatic N) is 2. The highest BCUT2D eigenvalue weighted by atomic mass is 19.1. The Morgan fingerprint density at radius 3 is 2.19 bits per heavy atom. The number of primary amides is 1. The van der Waals surface area contributed by atoms with E-state index in [1.165, 1.54) is 17.7 Å². The van der Waals surface area contributed by atoms with Crippen LogP contribution in [0.3, 0.4) is 0 Å². The van der Waals surface area contributed by atoms with Crippen molar-refractivity contribution >= 4 is 11.8 Å². The minimum absolute atomic E-state index is 0.0252. The van der Waals surface area contributed by atoms with E-state index in [1.54, 1.807) is 17.9 Å². The molecule has 0 aliphatic carbocycles. The number of hydrogen-bond acceptors (Lipinski definition) is 5. The van der Waals surface area contributed by atoms with Crippen molar-refractivity contribution in [2.24, 2.45) is 11.5 Å². The van der Waals surface area contributed by atoms with Crippen molar-refractivity contribution in [3.63, 3.8) is 0 Å². The van der Waals surface area contributed by atoms with Gasteiger partial charge >= 0.3 is 0 Å². The van der Waals surface area contributed by atoms with Crippen molar-refractivity contribution in [3.05, 3.63) is 99.4 Å². The summed E-state index contributed by atoms with van der Waals surface area (Å²) in [7, 11) is 0. The number of rotatable bonds is 15. The van der Waals surface area contributed by atoms with Gasteiger partial charge in [-0.2, -0.15) is 0 Å². The summed E-state index contributed by atoms with van der Waals surface area (Å²) in [5.41, 5.74) is 15.9. The second-order valence-electron chi connectivity index (χ2n) is 10.7. The molecule has 3 rings (SSSR count). The predicted molar refractivity (Wildman–Crippen MR) is 160 cm³/mol. The Kier molecular flexibility index (Phi) is 12.1. The van der Waals surface area contributed by atoms with Crippen LogP contribution < -0.4 is 11.5 Å². The molecule has 0 aliphatic heterocycles. The van der Waals surface area contributed by atoms with Gasteiger partial charge in [-0.05, 0) is 67.5 Å². The van der Waals surface area contributed by atoms with Gasteiger partial charge in [0.2, 0.25) is 0 Å². The fourth-order valence-corrected chi connectivity index (χ4v) is 5.27. The first-order valence-corrected chi connectivity index (χ1v) is 14.5. The number of hydrogen-bond donors (Lipinski definition) is 2. The normalized spacial score (nSPS) is 12.6. The van der Waals surface area contributed by atoms with Crippen LogP contribution in [0.1, 0.15) is 88.3 Å². The molecule has 7 nitrogen and oxygen atoms in total. The zero-order valence-corrected chi connectivity index (χ0v) is 25.0. The fraction of sp³-hybridized carbons (Fsp3) is 0.424. The zero-order chi connectivity index (χ0) is 30.8. The number of pyridine rings is 1. The van der Waals surface area contributed by atoms with Gasteiger partial charge in [-0.3, -0.25) is 9.59 Å². The number of aromatic nitrogens is 1. The quantitative estimate of drug-likeness (QED) is 0.248. The van der Waals surface area contributed by atoms with Crippen molar-refractivity contribution < 1.29 is 23.1 Å². The molecule has 3 aromatic rings. The van der Waals surface area contributed by atoms with E-state index in [9.17, 15) is 18.4 Å². The van der Waals surface area contributed by atoms with Gasteiger partial charge in [0.05, 0.1) is 13.2 Å². The zero-order valence-electron chi connectivity index (χ0n) is 25.0. The van der Waals surface area contributed by atoms with E-state index >= 15 is 0 Å². The summed E-state index contributed by atoms with van der Waals surface area (Å²) in [6.07, 6.45) is 2.40. The molecule has 0 bridgehead atoms. The molecule has 4 N–H and O–H groups in total. The van der Waals surface area contributed by atoms with Crippen molar-refractivity contribution in [2.45, 2.75) is 71.9 Å². The van der Waals surface area contributed by atoms with Gasteiger partial charge in [0.25, 0.3) is 11.8 Å². The molecule has 2 aromatic carbocycles. The number of ether oxygens (including phenoxy) is 1. The number of amides is 2. The predicted octanol–water partition coefficient (Wildman–Crippen LogP) is 5.46. The van der Waals surface area contributed by atoms with E-state index in [1.807, 2.05) is 32.0 Å². The molecule has 42 heavy (non-hydrogen) atoms. The lowest BCUT2D eigenvalue weighted by Gasteiger charge is -2.30. The molecule has 0 fully saturated rings. The van der Waals surface area contributed by atoms with Crippen LogP contribution in [0.4, 0.5) is 8.78 Å². The van der Waals surface area contributed by atoms with Crippen LogP contribution in [0.15, 0.2) is 48.5 Å². The number of halogens is 2. The molecule has 1 unspecified atom stereocenters. The van der Waals surface area contributed by atoms with Crippen LogP contribution in [-0.2, 0) is 24.2 Å². The Hall–Kier alpha value is -3.69. The van der Waals surface area contributed by atoms with Crippen molar-refractivity contribution in [2.75, 3.05) is 19.7 Å². The summed E-state index contributed by atoms with van der Waals surface area (Å²) in [5.74, 6) is -3.35. The minimum Gasteiger partial charge on any atom is -0.375 e. The monoisotopic (exact) mass is 580 g/mol. The highest BCUT2D eigenvalue weighted by Crippen LogP contribution is 2.32. The lowest BCUT2D eigenvalue weighted by atomic mass is 9.82. The van der Waals surface area contributed by atoms with Gasteiger partial charge in [-0.15, -0.1) is 0 Å². The van der Waals surface area contributed by atoms with Gasteiger partial charge in [0.15, 0.2) is 0 Å². The summed E-state index contributed by atoms with van der Waals surface area (Å²) in [6.45, 7) is 9.10. The molecular formula is C33H42F2N4O3. The van der Waals surface area contributed by atoms with Crippen LogP contribution >= 0.6 is 0 Å². The molecule has 0 saturated heterocycles. The van der Waals surface area contributed by atoms with Crippen LogP contribution in [0.5, 0.6) is 0 Å². The summed E-state index contributed by atoms with van der Waals surface area (Å²) >= 11 is 0. The van der Waals surface area contributed by atoms with Gasteiger partial charge in [-0.25, -0.2) is 13.8 Å². The van der Waals surface area contributed by atoms with Gasteiger partial charge in [-0.1, -0.05) is 45.0 Å². The Morgan fingerprint density at radius 1 is 0.952 bits per heavy atom. The molecule has 0 spiro atoms. The molecule has 0 saturated carbocycles. The number of carbonyl (C=O) groups excluding carboxylic acids is 2. The van der Waals surface area contributed by atoms with E-state index in [4.69, 9.17) is 16.2 Å². The maximum absolute atomic E-state index is 14.2. The van der Waals surface area contributed by atoms with Crippen LogP contribution in [0.2, 0.25) is 0 Å². The lowest BCUT2D eigenvalue weighted by Crippen LogP contribution is -2.39. The smallest absolute Gasteiger partial charge is 0.267 e. The Labute approximate surface area is 247 Å². The molecule has 1 aromatic heterocycles. The number of aryl methyl sites for hydroxylation is 2. The second kappa shape index (κ2) is 15.5. The molecule has 0 radical (unpaired) electrons. The van der Waals surface area contributed by atoms with E-state index in [2.05, 4.69) is 18.0 Å². The van der Waals surface area contributed by atoms with Crippen LogP contribution in [-0.4, -0.2) is 47.4 Å². The first kappa shape index (κ1) is 32.8. The second-order valence-corrected chi connectivity index (χ2v) is 10.7. The third kappa shape index (κ3) is 8.66. The minimum atomic E-state index is -0.819. The summed E-state index contributed by atoms with van der Waals surface area (Å²) in [4.78, 5) is 32.9. The average Bonchev–Trinajstić information content (AvgIpc) is 2.94. The number of nitrogens with two attached hydrogens (primary N) is 2. The maximum atomic E-state index is 14.2. The molecule has 2 amide bonds. The maximum Gasteiger partial charge on any atom is 0.267 e. The third-order valence-electron chi connectivity index (χ3n) is 7.17. The number of carbonyl (C=O) groups is 2. The standard InChI is InChI=1S/C33H42F2N4O3/c1-5-11-39(12-6-2)33(41)28-13-21(4)38-31(32(37)40)30(28)27(17-24-15-25(34)18-26(35)16-24)29(36)20-42-19-23-10-8-9-22(7-3)14-23/h8-10,13-16,18,27,29H,5-7,11-12,17,19-20,36H2,1-4H3,(H2,37,40)/t27-,29?/m1/s1. The molecule has 0 aliphatic rings. The largest absolute Gasteiger partial charge is 0.375 e. The highest BCUT2D eigenvalue weighted by Gasteiger charge is 2.32. The molecule has 9 heteroatoms. The van der Waals surface area contributed by atoms with E-state index in [0.29, 0.717) is 31.0 Å². The summed E-state index contributed by atoms with van der Waals surface area (Å²) < 4.78 is 34.5. The Balaban J connectivity index is 2.09. The van der Waals surface area contributed by atoms with Crippen molar-refractivity contribution in [3.8, 4) is 0 Å². The van der Waals surface area contributed by atoms with E-state index < -0.39 is 29.5 Å². The SMILES string of the molecule is CCCN(CCC)C(=O)c1cc(C)nc(C(N)=O)c1[C@H](Cc1cc(F)cc(F)c1)C(N)COCc1cccc(CC)c1.